The number of aryl methyl sites for hydroxylation is 2. The Balaban J connectivity index is 1.91. The van der Waals surface area contributed by atoms with Gasteiger partial charge in [-0.2, -0.15) is 0 Å². The van der Waals surface area contributed by atoms with Crippen LogP contribution in [0.4, 0.5) is 0 Å². The second-order valence-corrected chi connectivity index (χ2v) is 9.99. The van der Waals surface area contributed by atoms with E-state index in [0.717, 1.165) is 12.2 Å². The molecule has 0 N–H and O–H groups in total. The molecule has 3 rings (SSSR count). The van der Waals surface area contributed by atoms with Crippen molar-refractivity contribution in [1.82, 2.24) is 0 Å². The molecule has 0 aromatic heterocycles. The molecule has 0 aliphatic heterocycles. The van der Waals surface area contributed by atoms with Crippen molar-refractivity contribution in [2.45, 2.75) is 66.9 Å². The van der Waals surface area contributed by atoms with Gasteiger partial charge in [-0.3, -0.25) is 0 Å². The molecular formula is C29H36O. The molecule has 0 radical (unpaired) electrons. The van der Waals surface area contributed by atoms with Crippen molar-refractivity contribution >= 4 is 0 Å². The van der Waals surface area contributed by atoms with Crippen molar-refractivity contribution in [1.29, 1.82) is 0 Å². The van der Waals surface area contributed by atoms with Gasteiger partial charge in [0.15, 0.2) is 0 Å². The minimum Gasteiger partial charge on any atom is -0.486 e. The second-order valence-electron chi connectivity index (χ2n) is 9.99. The highest BCUT2D eigenvalue weighted by molar-refractivity contribution is 5.72. The van der Waals surface area contributed by atoms with E-state index in [9.17, 15) is 0 Å². The van der Waals surface area contributed by atoms with Gasteiger partial charge in [-0.1, -0.05) is 89.2 Å². The monoisotopic (exact) mass is 400 g/mol. The number of ether oxygens (including phenoxy) is 1. The van der Waals surface area contributed by atoms with E-state index in [1.807, 2.05) is 0 Å². The molecular weight excluding hydrogens is 364 g/mol. The van der Waals surface area contributed by atoms with E-state index in [4.69, 9.17) is 4.74 Å². The molecule has 1 atom stereocenters. The summed E-state index contributed by atoms with van der Waals surface area (Å²) in [5, 5.41) is 0. The minimum absolute atomic E-state index is 0.0428. The topological polar surface area (TPSA) is 9.23 Å². The van der Waals surface area contributed by atoms with Crippen molar-refractivity contribution in [3.8, 4) is 16.9 Å². The Morgan fingerprint density at radius 3 is 1.83 bits per heavy atom. The summed E-state index contributed by atoms with van der Waals surface area (Å²) in [6.07, 6.45) is 1.01. The van der Waals surface area contributed by atoms with Gasteiger partial charge < -0.3 is 4.74 Å². The van der Waals surface area contributed by atoms with Gasteiger partial charge in [-0.25, -0.2) is 0 Å². The van der Waals surface area contributed by atoms with Gasteiger partial charge in [0.05, 0.1) is 0 Å². The lowest BCUT2D eigenvalue weighted by Gasteiger charge is -2.28. The maximum Gasteiger partial charge on any atom is 0.124 e. The molecule has 3 aromatic rings. The lowest BCUT2D eigenvalue weighted by atomic mass is 9.86. The highest BCUT2D eigenvalue weighted by Gasteiger charge is 2.22. The largest absolute Gasteiger partial charge is 0.486 e. The number of hydrogen-bond acceptors (Lipinski definition) is 1. The molecule has 0 saturated carbocycles. The highest BCUT2D eigenvalue weighted by Crippen LogP contribution is 2.36. The van der Waals surface area contributed by atoms with Crippen molar-refractivity contribution in [3.05, 3.63) is 89.0 Å². The van der Waals surface area contributed by atoms with Crippen LogP contribution in [0, 0.1) is 19.3 Å². The van der Waals surface area contributed by atoms with E-state index in [1.165, 1.54) is 33.4 Å². The summed E-state index contributed by atoms with van der Waals surface area (Å²) in [6.45, 7) is 15.7. The summed E-state index contributed by atoms with van der Waals surface area (Å²) in [4.78, 5) is 0. The third-order valence-electron chi connectivity index (χ3n) is 5.62. The van der Waals surface area contributed by atoms with Crippen LogP contribution in [-0.4, -0.2) is 0 Å². The normalized spacial score (nSPS) is 12.8. The van der Waals surface area contributed by atoms with Gasteiger partial charge in [-0.05, 0) is 77.1 Å². The Hall–Kier alpha value is -2.54. The van der Waals surface area contributed by atoms with Crippen LogP contribution in [0.25, 0.3) is 11.1 Å². The standard InChI is InChI=1S/C29H36O/c1-20(2)23-13-15-25(16-14-23)28-21(3)17-26(18-22(28)4)30-27(19-29(5,6)7)24-11-9-8-10-12-24/h8-18,20,27H,19H2,1-7H3. The fraction of sp³-hybridized carbons (Fsp3) is 0.379. The highest BCUT2D eigenvalue weighted by atomic mass is 16.5. The molecule has 30 heavy (non-hydrogen) atoms. The third-order valence-corrected chi connectivity index (χ3v) is 5.62. The third kappa shape index (κ3) is 5.53. The summed E-state index contributed by atoms with van der Waals surface area (Å²) in [7, 11) is 0. The fourth-order valence-corrected chi connectivity index (χ4v) is 4.10. The molecule has 0 aliphatic carbocycles. The first-order valence-corrected chi connectivity index (χ1v) is 11.1. The van der Waals surface area contributed by atoms with E-state index in [-0.39, 0.29) is 11.5 Å². The molecule has 0 bridgehead atoms. The minimum atomic E-state index is 0.0428. The van der Waals surface area contributed by atoms with Crippen LogP contribution in [0.1, 0.15) is 75.3 Å². The zero-order valence-corrected chi connectivity index (χ0v) is 19.6. The molecule has 1 nitrogen and oxygen atoms in total. The zero-order chi connectivity index (χ0) is 21.9. The fourth-order valence-electron chi connectivity index (χ4n) is 4.10. The van der Waals surface area contributed by atoms with Crippen molar-refractivity contribution in [3.63, 3.8) is 0 Å². The van der Waals surface area contributed by atoms with E-state index < -0.39 is 0 Å². The molecule has 0 fully saturated rings. The second kappa shape index (κ2) is 9.08. The quantitative estimate of drug-likeness (QED) is 0.402. The van der Waals surface area contributed by atoms with Gasteiger partial charge in [0.2, 0.25) is 0 Å². The Morgan fingerprint density at radius 2 is 1.33 bits per heavy atom. The summed E-state index contributed by atoms with van der Waals surface area (Å²) in [6, 6.07) is 24.0. The maximum atomic E-state index is 6.58. The van der Waals surface area contributed by atoms with Gasteiger partial charge in [0.1, 0.15) is 11.9 Å². The molecule has 0 heterocycles. The maximum absolute atomic E-state index is 6.58. The van der Waals surface area contributed by atoms with Crippen LogP contribution in [0.2, 0.25) is 0 Å². The average Bonchev–Trinajstić information content (AvgIpc) is 2.67. The van der Waals surface area contributed by atoms with Crippen LogP contribution < -0.4 is 4.74 Å². The van der Waals surface area contributed by atoms with Crippen LogP contribution in [-0.2, 0) is 0 Å². The van der Waals surface area contributed by atoms with Crippen LogP contribution in [0.3, 0.4) is 0 Å². The molecule has 0 saturated heterocycles. The van der Waals surface area contributed by atoms with Crippen LogP contribution in [0.5, 0.6) is 5.75 Å². The summed E-state index contributed by atoms with van der Waals surface area (Å²) in [5.74, 6) is 1.50. The first-order valence-electron chi connectivity index (χ1n) is 11.1. The predicted octanol–water partition coefficient (Wildman–Crippen LogP) is 8.65. The molecule has 0 aliphatic rings. The summed E-state index contributed by atoms with van der Waals surface area (Å²) < 4.78 is 6.58. The number of rotatable bonds is 6. The summed E-state index contributed by atoms with van der Waals surface area (Å²) >= 11 is 0. The Morgan fingerprint density at radius 1 is 0.767 bits per heavy atom. The summed E-state index contributed by atoms with van der Waals surface area (Å²) in [5.41, 5.74) is 7.88. The SMILES string of the molecule is Cc1cc(OC(CC(C)(C)C)c2ccccc2)cc(C)c1-c1ccc(C(C)C)cc1. The van der Waals surface area contributed by atoms with Crippen LogP contribution in [0.15, 0.2) is 66.7 Å². The Bertz CT molecular complexity index is 936. The Labute approximate surface area is 183 Å². The van der Waals surface area contributed by atoms with E-state index in [2.05, 4.69) is 115 Å². The molecule has 1 unspecified atom stereocenters. The lowest BCUT2D eigenvalue weighted by molar-refractivity contribution is 0.145. The van der Waals surface area contributed by atoms with Gasteiger partial charge >= 0.3 is 0 Å². The van der Waals surface area contributed by atoms with Crippen molar-refractivity contribution in [2.24, 2.45) is 5.41 Å². The van der Waals surface area contributed by atoms with Gasteiger partial charge in [-0.15, -0.1) is 0 Å². The van der Waals surface area contributed by atoms with E-state index >= 15 is 0 Å². The van der Waals surface area contributed by atoms with Gasteiger partial charge in [0, 0.05) is 0 Å². The van der Waals surface area contributed by atoms with E-state index in [1.54, 1.807) is 0 Å². The predicted molar refractivity (Wildman–Crippen MR) is 129 cm³/mol. The van der Waals surface area contributed by atoms with Crippen molar-refractivity contribution < 1.29 is 4.74 Å². The number of benzene rings is 3. The zero-order valence-electron chi connectivity index (χ0n) is 19.6. The molecule has 1 heteroatoms. The lowest BCUT2D eigenvalue weighted by Crippen LogP contribution is -2.17. The Kier molecular flexibility index (Phi) is 6.71. The molecule has 0 amide bonds. The first kappa shape index (κ1) is 22.2. The smallest absolute Gasteiger partial charge is 0.124 e. The average molecular weight is 401 g/mol. The van der Waals surface area contributed by atoms with E-state index in [0.29, 0.717) is 5.92 Å². The van der Waals surface area contributed by atoms with Crippen molar-refractivity contribution in [2.75, 3.05) is 0 Å². The first-order chi connectivity index (χ1) is 14.1. The molecule has 0 spiro atoms. The number of hydrogen-bond donors (Lipinski definition) is 0. The van der Waals surface area contributed by atoms with Crippen LogP contribution >= 0.6 is 0 Å². The molecule has 3 aromatic carbocycles. The van der Waals surface area contributed by atoms with Gasteiger partial charge in [0.25, 0.3) is 0 Å². The molecule has 158 valence electrons.